The zero-order valence-electron chi connectivity index (χ0n) is 13.4. The van der Waals surface area contributed by atoms with Crippen molar-refractivity contribution < 1.29 is 27.6 Å². The Morgan fingerprint density at radius 1 is 1.32 bits per heavy atom. The molecule has 0 aromatic carbocycles. The number of hydrogen-bond acceptors (Lipinski definition) is 4. The first-order valence-electron chi connectivity index (χ1n) is 6.99. The van der Waals surface area contributed by atoms with Crippen molar-refractivity contribution in [3.63, 3.8) is 0 Å². The van der Waals surface area contributed by atoms with E-state index < -0.39 is 37.3 Å². The Labute approximate surface area is 128 Å². The Morgan fingerprint density at radius 3 is 2.32 bits per heavy atom. The summed E-state index contributed by atoms with van der Waals surface area (Å²) in [5.41, 5.74) is -0.626. The fourth-order valence-electron chi connectivity index (χ4n) is 2.23. The molecule has 1 saturated heterocycles. The molecule has 0 spiro atoms. The summed E-state index contributed by atoms with van der Waals surface area (Å²) < 4.78 is 43.2. The van der Waals surface area contributed by atoms with Gasteiger partial charge in [0.05, 0.1) is 30.4 Å². The molecule has 0 saturated carbocycles. The predicted molar refractivity (Wildman–Crippen MR) is 77.5 cm³/mol. The molecule has 0 unspecified atom stereocenters. The summed E-state index contributed by atoms with van der Waals surface area (Å²) in [5.74, 6) is -0.592. The largest absolute Gasteiger partial charge is 0.512 e. The van der Waals surface area contributed by atoms with Gasteiger partial charge >= 0.3 is 13.1 Å². The lowest BCUT2D eigenvalue weighted by molar-refractivity contribution is 0.00578. The van der Waals surface area contributed by atoms with Crippen LogP contribution in [-0.4, -0.2) is 42.4 Å². The maximum Gasteiger partial charge on any atom is 0.512 e. The van der Waals surface area contributed by atoms with E-state index in [-0.39, 0.29) is 5.56 Å². The van der Waals surface area contributed by atoms with Gasteiger partial charge in [0.2, 0.25) is 0 Å². The first kappa shape index (κ1) is 17.0. The number of nitrogens with zero attached hydrogens (tertiary/aromatic N) is 1. The van der Waals surface area contributed by atoms with E-state index in [1.807, 2.05) is 27.7 Å². The third-order valence-electron chi connectivity index (χ3n) is 4.18. The molecule has 1 aliphatic heterocycles. The number of aromatic nitrogens is 1. The summed E-state index contributed by atoms with van der Waals surface area (Å²) in [6.45, 7) is 6.93. The van der Waals surface area contributed by atoms with Crippen molar-refractivity contribution >= 4 is 18.7 Å². The molecule has 0 N–H and O–H groups in total. The normalized spacial score (nSPS) is 19.7. The van der Waals surface area contributed by atoms with Crippen molar-refractivity contribution in [1.29, 1.82) is 0 Å². The predicted octanol–water partition coefficient (Wildman–Crippen LogP) is 1.84. The lowest BCUT2D eigenvalue weighted by atomic mass is 9.84. The molecular weight excluding hydrogens is 295 g/mol. The van der Waals surface area contributed by atoms with E-state index in [9.17, 15) is 13.6 Å². The van der Waals surface area contributed by atoms with Gasteiger partial charge in [0, 0.05) is 11.8 Å². The van der Waals surface area contributed by atoms with Crippen molar-refractivity contribution in [2.45, 2.75) is 51.9 Å². The number of alkyl halides is 2. The van der Waals surface area contributed by atoms with Gasteiger partial charge in [-0.15, -0.1) is 0 Å². The van der Waals surface area contributed by atoms with Crippen LogP contribution in [0.25, 0.3) is 0 Å². The minimum Gasteiger partial charge on any atom is -0.465 e. The molecule has 0 aliphatic carbocycles. The molecule has 8 heteroatoms. The van der Waals surface area contributed by atoms with Crippen molar-refractivity contribution in [3.8, 4) is 0 Å². The van der Waals surface area contributed by atoms with E-state index in [1.165, 1.54) is 23.9 Å². The van der Waals surface area contributed by atoms with Gasteiger partial charge in [0.1, 0.15) is 0 Å². The maximum atomic E-state index is 12.8. The van der Waals surface area contributed by atoms with Gasteiger partial charge < -0.3 is 18.6 Å². The molecule has 0 radical (unpaired) electrons. The second kappa shape index (κ2) is 5.66. The molecular formula is C14H20BF2NO4. The van der Waals surface area contributed by atoms with Crippen LogP contribution in [0.2, 0.25) is 0 Å². The van der Waals surface area contributed by atoms with Crippen LogP contribution in [-0.2, 0) is 20.6 Å². The van der Waals surface area contributed by atoms with Crippen molar-refractivity contribution in [1.82, 2.24) is 4.57 Å². The quantitative estimate of drug-likeness (QED) is 0.628. The Morgan fingerprint density at radius 2 is 1.86 bits per heavy atom. The number of esters is 1. The van der Waals surface area contributed by atoms with E-state index in [0.717, 1.165) is 0 Å². The van der Waals surface area contributed by atoms with Gasteiger partial charge in [-0.25, -0.2) is 13.6 Å². The zero-order chi connectivity index (χ0) is 16.7. The minimum absolute atomic E-state index is 0.188. The number of carbonyl (C=O) groups is 1. The van der Waals surface area contributed by atoms with Crippen LogP contribution in [0.1, 0.15) is 38.1 Å². The van der Waals surface area contributed by atoms with E-state index in [1.54, 1.807) is 0 Å². The molecule has 0 atom stereocenters. The summed E-state index contributed by atoms with van der Waals surface area (Å²) in [4.78, 5) is 11.6. The lowest BCUT2D eigenvalue weighted by Gasteiger charge is -2.32. The third kappa shape index (κ3) is 3.03. The molecule has 1 aromatic heterocycles. The number of hydrogen-bond donors (Lipinski definition) is 0. The molecule has 1 aromatic rings. The average Bonchev–Trinajstić information content (AvgIpc) is 2.87. The molecule has 2 rings (SSSR count). The SMILES string of the molecule is COC(=O)c1cc(B2OC(C)(C)C(C)(C)O2)n(CC(F)F)c1. The van der Waals surface area contributed by atoms with Gasteiger partial charge in [0.15, 0.2) is 0 Å². The highest BCUT2D eigenvalue weighted by Gasteiger charge is 2.52. The summed E-state index contributed by atoms with van der Waals surface area (Å²) in [6.07, 6.45) is -1.22. The van der Waals surface area contributed by atoms with Crippen LogP contribution >= 0.6 is 0 Å². The lowest BCUT2D eigenvalue weighted by Crippen LogP contribution is -2.41. The van der Waals surface area contributed by atoms with E-state index >= 15 is 0 Å². The minimum atomic E-state index is -2.56. The van der Waals surface area contributed by atoms with Gasteiger partial charge in [-0.3, -0.25) is 0 Å². The topological polar surface area (TPSA) is 49.7 Å². The molecule has 0 amide bonds. The first-order valence-corrected chi connectivity index (χ1v) is 6.99. The summed E-state index contributed by atoms with van der Waals surface area (Å²) in [5, 5.41) is 0. The van der Waals surface area contributed by atoms with Crippen molar-refractivity contribution in [3.05, 3.63) is 17.8 Å². The highest BCUT2D eigenvalue weighted by Crippen LogP contribution is 2.36. The van der Waals surface area contributed by atoms with Crippen LogP contribution in [0.15, 0.2) is 12.3 Å². The number of ether oxygens (including phenoxy) is 1. The molecule has 1 aliphatic rings. The van der Waals surface area contributed by atoms with Crippen LogP contribution in [0.3, 0.4) is 0 Å². The first-order chi connectivity index (χ1) is 10.1. The van der Waals surface area contributed by atoms with Gasteiger partial charge in [-0.05, 0) is 33.8 Å². The molecule has 0 bridgehead atoms. The Hall–Kier alpha value is -1.41. The fourth-order valence-corrected chi connectivity index (χ4v) is 2.23. The molecule has 5 nitrogen and oxygen atoms in total. The van der Waals surface area contributed by atoms with Gasteiger partial charge in [0.25, 0.3) is 6.43 Å². The van der Waals surface area contributed by atoms with Crippen LogP contribution < -0.4 is 5.59 Å². The van der Waals surface area contributed by atoms with Crippen LogP contribution in [0.5, 0.6) is 0 Å². The van der Waals surface area contributed by atoms with Gasteiger partial charge in [-0.2, -0.15) is 0 Å². The second-order valence-electron chi connectivity index (χ2n) is 6.28. The number of methoxy groups -OCH3 is 1. The summed E-state index contributed by atoms with van der Waals surface area (Å²) >= 11 is 0. The van der Waals surface area contributed by atoms with Crippen molar-refractivity contribution in [2.24, 2.45) is 0 Å². The van der Waals surface area contributed by atoms with Crippen molar-refractivity contribution in [2.75, 3.05) is 7.11 Å². The highest BCUT2D eigenvalue weighted by atomic mass is 19.3. The Kier molecular flexibility index (Phi) is 4.36. The summed E-state index contributed by atoms with van der Waals surface area (Å²) in [7, 11) is 0.420. The number of carbonyl (C=O) groups excluding carboxylic acids is 1. The van der Waals surface area contributed by atoms with E-state index in [2.05, 4.69) is 4.74 Å². The maximum absolute atomic E-state index is 12.8. The molecule has 22 heavy (non-hydrogen) atoms. The Bertz CT molecular complexity index is 555. The smallest absolute Gasteiger partial charge is 0.465 e. The average molecular weight is 315 g/mol. The third-order valence-corrected chi connectivity index (χ3v) is 4.18. The number of halogens is 2. The van der Waals surface area contributed by atoms with Gasteiger partial charge in [-0.1, -0.05) is 0 Å². The fraction of sp³-hybridized carbons (Fsp3) is 0.643. The summed E-state index contributed by atoms with van der Waals surface area (Å²) in [6, 6.07) is 1.47. The Balaban J connectivity index is 2.37. The van der Waals surface area contributed by atoms with Crippen LogP contribution in [0.4, 0.5) is 8.78 Å². The molecule has 122 valence electrons. The van der Waals surface area contributed by atoms with E-state index in [4.69, 9.17) is 9.31 Å². The number of rotatable bonds is 4. The monoisotopic (exact) mass is 315 g/mol. The molecule has 1 fully saturated rings. The highest BCUT2D eigenvalue weighted by molar-refractivity contribution is 6.61. The standard InChI is InChI=1S/C14H20BF2NO4/c1-13(2)14(3,4)22-15(21-13)10-6-9(12(19)20-5)7-18(10)8-11(16)17/h6-7,11H,8H2,1-5H3. The van der Waals surface area contributed by atoms with E-state index in [0.29, 0.717) is 5.59 Å². The second-order valence-corrected chi connectivity index (χ2v) is 6.28. The zero-order valence-corrected chi connectivity index (χ0v) is 13.4. The molecule has 2 heterocycles. The van der Waals surface area contributed by atoms with Crippen LogP contribution in [0, 0.1) is 0 Å².